The molecule has 20 heavy (non-hydrogen) atoms. The summed E-state index contributed by atoms with van der Waals surface area (Å²) >= 11 is 5.96. The van der Waals surface area contributed by atoms with Crippen molar-refractivity contribution in [3.8, 4) is 0 Å². The quantitative estimate of drug-likeness (QED) is 0.762. The molecule has 2 rings (SSSR count). The van der Waals surface area contributed by atoms with E-state index in [0.29, 0.717) is 6.04 Å². The van der Waals surface area contributed by atoms with Gasteiger partial charge in [0.05, 0.1) is 0 Å². The van der Waals surface area contributed by atoms with Crippen LogP contribution in [0.25, 0.3) is 0 Å². The lowest BCUT2D eigenvalue weighted by Gasteiger charge is -2.19. The van der Waals surface area contributed by atoms with E-state index in [4.69, 9.17) is 11.6 Å². The molecule has 0 bridgehead atoms. The Morgan fingerprint density at radius 2 is 1.65 bits per heavy atom. The van der Waals surface area contributed by atoms with E-state index >= 15 is 0 Å². The molecule has 2 aromatic rings. The number of benzene rings is 2. The molecular weight excluding hydrogens is 266 g/mol. The fraction of sp³-hybridized carbons (Fsp3) is 0.333. The maximum atomic E-state index is 5.96. The summed E-state index contributed by atoms with van der Waals surface area (Å²) in [5.74, 6) is 0. The molecule has 106 valence electrons. The van der Waals surface area contributed by atoms with Crippen LogP contribution in [-0.4, -0.2) is 0 Å². The lowest BCUT2D eigenvalue weighted by molar-refractivity contribution is 0.493. The highest BCUT2D eigenvalue weighted by Gasteiger charge is 2.09. The van der Waals surface area contributed by atoms with Crippen LogP contribution in [0, 0.1) is 6.92 Å². The molecule has 0 heterocycles. The van der Waals surface area contributed by atoms with Gasteiger partial charge >= 0.3 is 0 Å². The van der Waals surface area contributed by atoms with Crippen LogP contribution in [0.4, 0.5) is 0 Å². The third-order valence-electron chi connectivity index (χ3n) is 3.52. The van der Waals surface area contributed by atoms with Crippen molar-refractivity contribution < 1.29 is 0 Å². The van der Waals surface area contributed by atoms with E-state index in [1.165, 1.54) is 16.7 Å². The molecule has 1 N–H and O–H groups in total. The molecule has 2 aromatic carbocycles. The van der Waals surface area contributed by atoms with Crippen molar-refractivity contribution in [3.05, 3.63) is 70.2 Å². The van der Waals surface area contributed by atoms with E-state index in [1.807, 2.05) is 12.1 Å². The highest BCUT2D eigenvalue weighted by molar-refractivity contribution is 6.30. The first kappa shape index (κ1) is 15.1. The van der Waals surface area contributed by atoms with Gasteiger partial charge < -0.3 is 5.32 Å². The van der Waals surface area contributed by atoms with Crippen LogP contribution < -0.4 is 5.32 Å². The molecule has 0 radical (unpaired) electrons. The monoisotopic (exact) mass is 287 g/mol. The van der Waals surface area contributed by atoms with E-state index in [9.17, 15) is 0 Å². The van der Waals surface area contributed by atoms with Gasteiger partial charge in [0.1, 0.15) is 0 Å². The first-order chi connectivity index (χ1) is 9.69. The van der Waals surface area contributed by atoms with Crippen LogP contribution in [-0.2, 0) is 6.54 Å². The van der Waals surface area contributed by atoms with Crippen LogP contribution in [0.5, 0.6) is 0 Å². The Hall–Kier alpha value is -1.31. The molecule has 0 aliphatic rings. The van der Waals surface area contributed by atoms with Crippen LogP contribution in [0.2, 0.25) is 5.02 Å². The van der Waals surface area contributed by atoms with Crippen LogP contribution >= 0.6 is 11.6 Å². The smallest absolute Gasteiger partial charge is 0.0406 e. The Labute approximate surface area is 127 Å². The molecule has 0 saturated carbocycles. The van der Waals surface area contributed by atoms with Crippen molar-refractivity contribution in [2.75, 3.05) is 0 Å². The fourth-order valence-corrected chi connectivity index (χ4v) is 2.44. The molecule has 0 amide bonds. The molecule has 0 fully saturated rings. The van der Waals surface area contributed by atoms with Gasteiger partial charge in [-0.3, -0.25) is 0 Å². The van der Waals surface area contributed by atoms with E-state index in [0.717, 1.165) is 24.4 Å². The molecule has 0 aromatic heterocycles. The Balaban J connectivity index is 2.02. The second kappa shape index (κ2) is 7.47. The van der Waals surface area contributed by atoms with Gasteiger partial charge in [0.15, 0.2) is 0 Å². The number of hydrogen-bond acceptors (Lipinski definition) is 1. The highest BCUT2D eigenvalue weighted by atomic mass is 35.5. The predicted molar refractivity (Wildman–Crippen MR) is 87.1 cm³/mol. The van der Waals surface area contributed by atoms with E-state index < -0.39 is 0 Å². The van der Waals surface area contributed by atoms with Crippen LogP contribution in [0.15, 0.2) is 48.5 Å². The Bertz CT molecular complexity index is 516. The summed E-state index contributed by atoms with van der Waals surface area (Å²) in [6.07, 6.45) is 2.29. The number of rotatable bonds is 6. The largest absolute Gasteiger partial charge is 0.306 e. The summed E-state index contributed by atoms with van der Waals surface area (Å²) in [7, 11) is 0. The van der Waals surface area contributed by atoms with Crippen molar-refractivity contribution in [1.82, 2.24) is 5.32 Å². The second-order valence-corrected chi connectivity index (χ2v) is 5.70. The molecule has 0 aliphatic heterocycles. The fourth-order valence-electron chi connectivity index (χ4n) is 2.32. The minimum Gasteiger partial charge on any atom is -0.306 e. The van der Waals surface area contributed by atoms with Gasteiger partial charge in [-0.25, -0.2) is 0 Å². The first-order valence-corrected chi connectivity index (χ1v) is 7.61. The number of halogens is 1. The minimum absolute atomic E-state index is 0.388. The third-order valence-corrected chi connectivity index (χ3v) is 3.77. The summed E-state index contributed by atoms with van der Waals surface area (Å²) < 4.78 is 0. The Morgan fingerprint density at radius 3 is 2.25 bits per heavy atom. The zero-order valence-corrected chi connectivity index (χ0v) is 13.0. The van der Waals surface area contributed by atoms with Crippen molar-refractivity contribution >= 4 is 11.6 Å². The first-order valence-electron chi connectivity index (χ1n) is 7.23. The van der Waals surface area contributed by atoms with Gasteiger partial charge in [-0.05, 0) is 36.6 Å². The van der Waals surface area contributed by atoms with Gasteiger partial charge in [-0.15, -0.1) is 0 Å². The molecule has 0 spiro atoms. The number of nitrogens with one attached hydrogen (secondary N) is 1. The maximum absolute atomic E-state index is 5.96. The second-order valence-electron chi connectivity index (χ2n) is 5.26. The lowest BCUT2D eigenvalue weighted by atomic mass is 10.0. The van der Waals surface area contributed by atoms with E-state index in [2.05, 4.69) is 55.6 Å². The Kier molecular flexibility index (Phi) is 5.63. The van der Waals surface area contributed by atoms with Gasteiger partial charge in [0.2, 0.25) is 0 Å². The molecular formula is C18H22ClN. The van der Waals surface area contributed by atoms with Crippen molar-refractivity contribution in [2.45, 2.75) is 39.3 Å². The van der Waals surface area contributed by atoms with Gasteiger partial charge in [0, 0.05) is 17.6 Å². The summed E-state index contributed by atoms with van der Waals surface area (Å²) in [5.41, 5.74) is 3.94. The average Bonchev–Trinajstić information content (AvgIpc) is 2.46. The molecule has 2 heteroatoms. The SMILES string of the molecule is CCCC(NCc1ccc(C)cc1)c1ccc(Cl)cc1. The van der Waals surface area contributed by atoms with Gasteiger partial charge in [0.25, 0.3) is 0 Å². The number of aryl methyl sites for hydroxylation is 1. The van der Waals surface area contributed by atoms with E-state index in [-0.39, 0.29) is 0 Å². The van der Waals surface area contributed by atoms with Gasteiger partial charge in [-0.2, -0.15) is 0 Å². The zero-order chi connectivity index (χ0) is 14.4. The Morgan fingerprint density at radius 1 is 1.00 bits per heavy atom. The van der Waals surface area contributed by atoms with E-state index in [1.54, 1.807) is 0 Å². The van der Waals surface area contributed by atoms with Crippen molar-refractivity contribution in [1.29, 1.82) is 0 Å². The third kappa shape index (κ3) is 4.36. The standard InChI is InChI=1S/C18H22ClN/c1-3-4-18(16-9-11-17(19)12-10-16)20-13-15-7-5-14(2)6-8-15/h5-12,18,20H,3-4,13H2,1-2H3. The van der Waals surface area contributed by atoms with Gasteiger partial charge in [-0.1, -0.05) is 66.9 Å². The number of hydrogen-bond donors (Lipinski definition) is 1. The summed E-state index contributed by atoms with van der Waals surface area (Å²) in [6.45, 7) is 5.23. The summed E-state index contributed by atoms with van der Waals surface area (Å²) in [4.78, 5) is 0. The molecule has 1 atom stereocenters. The lowest BCUT2D eigenvalue weighted by Crippen LogP contribution is -2.20. The molecule has 0 saturated heterocycles. The minimum atomic E-state index is 0.388. The van der Waals surface area contributed by atoms with Crippen molar-refractivity contribution in [2.24, 2.45) is 0 Å². The van der Waals surface area contributed by atoms with Crippen LogP contribution in [0.3, 0.4) is 0 Å². The maximum Gasteiger partial charge on any atom is 0.0406 e. The normalized spacial score (nSPS) is 12.3. The molecule has 1 nitrogen and oxygen atoms in total. The summed E-state index contributed by atoms with van der Waals surface area (Å²) in [5, 5.41) is 4.44. The predicted octanol–water partition coefficient (Wildman–Crippen LogP) is 5.28. The topological polar surface area (TPSA) is 12.0 Å². The molecule has 1 unspecified atom stereocenters. The molecule has 0 aliphatic carbocycles. The average molecular weight is 288 g/mol. The summed E-state index contributed by atoms with van der Waals surface area (Å²) in [6, 6.07) is 17.2. The zero-order valence-electron chi connectivity index (χ0n) is 12.2. The highest BCUT2D eigenvalue weighted by Crippen LogP contribution is 2.21. The van der Waals surface area contributed by atoms with Crippen LogP contribution in [0.1, 0.15) is 42.5 Å². The van der Waals surface area contributed by atoms with Crippen molar-refractivity contribution in [3.63, 3.8) is 0 Å².